The molecule has 0 aliphatic carbocycles. The summed E-state index contributed by atoms with van der Waals surface area (Å²) in [4.78, 5) is 27.0. The van der Waals surface area contributed by atoms with E-state index in [9.17, 15) is 18.0 Å². The Kier molecular flexibility index (Phi) is 8.56. The first-order valence-corrected chi connectivity index (χ1v) is 12.5. The fourth-order valence-corrected chi connectivity index (χ4v) is 4.50. The van der Waals surface area contributed by atoms with Gasteiger partial charge in [-0.3, -0.25) is 13.9 Å². The lowest BCUT2D eigenvalue weighted by molar-refractivity contribution is -0.139. The summed E-state index contributed by atoms with van der Waals surface area (Å²) in [7, 11) is -2.32. The summed E-state index contributed by atoms with van der Waals surface area (Å²) in [5.74, 6) is -0.973. The minimum absolute atomic E-state index is 0.0591. The van der Waals surface area contributed by atoms with Crippen LogP contribution < -0.4 is 9.62 Å². The van der Waals surface area contributed by atoms with Gasteiger partial charge in [0.25, 0.3) is 0 Å². The van der Waals surface area contributed by atoms with Crippen LogP contribution >= 0.6 is 23.2 Å². The van der Waals surface area contributed by atoms with Gasteiger partial charge in [0.05, 0.1) is 11.9 Å². The van der Waals surface area contributed by atoms with Crippen molar-refractivity contribution in [1.82, 2.24) is 10.2 Å². The molecule has 0 fully saturated rings. The average molecular weight is 500 g/mol. The maximum absolute atomic E-state index is 13.4. The van der Waals surface area contributed by atoms with E-state index >= 15 is 0 Å². The van der Waals surface area contributed by atoms with Gasteiger partial charge in [-0.25, -0.2) is 8.42 Å². The van der Waals surface area contributed by atoms with Gasteiger partial charge in [0.1, 0.15) is 12.6 Å². The number of sulfonamides is 1. The van der Waals surface area contributed by atoms with E-state index < -0.39 is 34.4 Å². The van der Waals surface area contributed by atoms with Gasteiger partial charge in [-0.05, 0) is 56.2 Å². The normalized spacial score (nSPS) is 12.2. The number of likely N-dealkylation sites (N-methyl/N-ethyl adjacent to an activating group) is 1. The zero-order valence-corrected chi connectivity index (χ0v) is 21.0. The minimum Gasteiger partial charge on any atom is -0.357 e. The van der Waals surface area contributed by atoms with Gasteiger partial charge >= 0.3 is 0 Å². The Labute approximate surface area is 199 Å². The second-order valence-corrected chi connectivity index (χ2v) is 10.3. The van der Waals surface area contributed by atoms with Gasteiger partial charge in [-0.1, -0.05) is 35.3 Å². The first kappa shape index (κ1) is 26.0. The van der Waals surface area contributed by atoms with Crippen molar-refractivity contribution in [2.45, 2.75) is 33.4 Å². The lowest BCUT2D eigenvalue weighted by Gasteiger charge is -2.31. The smallest absolute Gasteiger partial charge is 0.244 e. The van der Waals surface area contributed by atoms with Crippen molar-refractivity contribution in [3.05, 3.63) is 63.1 Å². The molecule has 0 bridgehead atoms. The number of hydrogen-bond acceptors (Lipinski definition) is 4. The molecule has 2 aromatic rings. The van der Waals surface area contributed by atoms with E-state index in [-0.39, 0.29) is 6.54 Å². The van der Waals surface area contributed by atoms with Crippen LogP contribution in [0.5, 0.6) is 0 Å². The minimum atomic E-state index is -3.78. The van der Waals surface area contributed by atoms with Crippen molar-refractivity contribution in [3.8, 4) is 0 Å². The Bertz CT molecular complexity index is 1100. The first-order valence-electron chi connectivity index (χ1n) is 9.85. The second kappa shape index (κ2) is 10.6. The molecule has 0 saturated heterocycles. The Balaban J connectivity index is 2.46. The molecule has 2 amide bonds. The molecular weight excluding hydrogens is 473 g/mol. The summed E-state index contributed by atoms with van der Waals surface area (Å²) in [6.45, 7) is 4.79. The lowest BCUT2D eigenvalue weighted by Crippen LogP contribution is -2.50. The molecule has 0 radical (unpaired) electrons. The highest BCUT2D eigenvalue weighted by molar-refractivity contribution is 7.92. The van der Waals surface area contributed by atoms with Crippen molar-refractivity contribution in [3.63, 3.8) is 0 Å². The maximum atomic E-state index is 13.4. The topological polar surface area (TPSA) is 86.8 Å². The van der Waals surface area contributed by atoms with Crippen LogP contribution in [-0.4, -0.2) is 51.0 Å². The molecule has 1 N–H and O–H groups in total. The number of hydrogen-bond donors (Lipinski definition) is 1. The standard InChI is InChI=1S/C22H27Cl2N3O4S/c1-14-9-10-17(11-15(14)2)27(32(5,30)31)13-21(28)26(16(3)22(29)25-4)12-18-19(23)7-6-8-20(18)24/h6-11,16H,12-13H2,1-5H3,(H,25,29)/t16-/m0/s1. The number of carbonyl (C=O) groups is 2. The van der Waals surface area contributed by atoms with Crippen molar-refractivity contribution >= 4 is 50.7 Å². The van der Waals surface area contributed by atoms with Gasteiger partial charge in [0, 0.05) is 29.2 Å². The average Bonchev–Trinajstić information content (AvgIpc) is 2.72. The van der Waals surface area contributed by atoms with Crippen LogP contribution in [0.4, 0.5) is 5.69 Å². The van der Waals surface area contributed by atoms with Crippen LogP contribution in [0.3, 0.4) is 0 Å². The molecule has 0 aromatic heterocycles. The van der Waals surface area contributed by atoms with E-state index in [4.69, 9.17) is 23.2 Å². The highest BCUT2D eigenvalue weighted by Gasteiger charge is 2.30. The number of aryl methyl sites for hydroxylation is 2. The van der Waals surface area contributed by atoms with Crippen molar-refractivity contribution in [2.24, 2.45) is 0 Å². The van der Waals surface area contributed by atoms with Crippen LogP contribution in [0.2, 0.25) is 10.0 Å². The maximum Gasteiger partial charge on any atom is 0.244 e. The summed E-state index contributed by atoms with van der Waals surface area (Å²) in [5, 5.41) is 3.20. The molecular formula is C22H27Cl2N3O4S. The third kappa shape index (κ3) is 6.15. The Morgan fingerprint density at radius 3 is 2.16 bits per heavy atom. The summed E-state index contributed by atoms with van der Waals surface area (Å²) < 4.78 is 26.1. The first-order chi connectivity index (χ1) is 14.9. The van der Waals surface area contributed by atoms with E-state index in [0.29, 0.717) is 21.3 Å². The van der Waals surface area contributed by atoms with Gasteiger partial charge in [-0.2, -0.15) is 0 Å². The molecule has 1 atom stereocenters. The zero-order valence-electron chi connectivity index (χ0n) is 18.6. The van der Waals surface area contributed by atoms with Crippen molar-refractivity contribution < 1.29 is 18.0 Å². The quantitative estimate of drug-likeness (QED) is 0.601. The van der Waals surface area contributed by atoms with Gasteiger partial charge in [0.2, 0.25) is 21.8 Å². The highest BCUT2D eigenvalue weighted by Crippen LogP contribution is 2.27. The van der Waals surface area contributed by atoms with Gasteiger partial charge in [-0.15, -0.1) is 0 Å². The fourth-order valence-electron chi connectivity index (χ4n) is 3.14. The van der Waals surface area contributed by atoms with E-state index in [1.165, 1.54) is 11.9 Å². The summed E-state index contributed by atoms with van der Waals surface area (Å²) in [6.07, 6.45) is 1.03. The number of nitrogens with one attached hydrogen (secondary N) is 1. The number of amides is 2. The molecule has 10 heteroatoms. The van der Waals surface area contributed by atoms with Crippen molar-refractivity contribution in [1.29, 1.82) is 0 Å². The Morgan fingerprint density at radius 2 is 1.66 bits per heavy atom. The largest absolute Gasteiger partial charge is 0.357 e. The molecule has 0 heterocycles. The van der Waals surface area contributed by atoms with E-state index in [1.54, 1.807) is 43.3 Å². The monoisotopic (exact) mass is 499 g/mol. The molecule has 2 rings (SSSR count). The van der Waals surface area contributed by atoms with Crippen LogP contribution in [0, 0.1) is 13.8 Å². The Hall–Kier alpha value is -2.29. The lowest BCUT2D eigenvalue weighted by atomic mass is 10.1. The van der Waals surface area contributed by atoms with E-state index in [1.807, 2.05) is 13.8 Å². The molecule has 0 unspecified atom stereocenters. The highest BCUT2D eigenvalue weighted by atomic mass is 35.5. The Morgan fingerprint density at radius 1 is 1.06 bits per heavy atom. The number of halogens is 2. The summed E-state index contributed by atoms with van der Waals surface area (Å²) in [6, 6.07) is 9.20. The molecule has 7 nitrogen and oxygen atoms in total. The number of carbonyl (C=O) groups excluding carboxylic acids is 2. The number of rotatable bonds is 8. The summed E-state index contributed by atoms with van der Waals surface area (Å²) >= 11 is 12.5. The van der Waals surface area contributed by atoms with Gasteiger partial charge < -0.3 is 10.2 Å². The van der Waals surface area contributed by atoms with E-state index in [2.05, 4.69) is 5.32 Å². The third-order valence-electron chi connectivity index (χ3n) is 5.26. The molecule has 0 aliphatic heterocycles. The predicted molar refractivity (Wildman–Crippen MR) is 129 cm³/mol. The van der Waals surface area contributed by atoms with Crippen molar-refractivity contribution in [2.75, 3.05) is 24.2 Å². The molecule has 0 aliphatic rings. The number of nitrogens with zero attached hydrogens (tertiary/aromatic N) is 2. The third-order valence-corrected chi connectivity index (χ3v) is 7.11. The van der Waals surface area contributed by atoms with Gasteiger partial charge in [0.15, 0.2) is 0 Å². The van der Waals surface area contributed by atoms with Crippen LogP contribution in [0.15, 0.2) is 36.4 Å². The van der Waals surface area contributed by atoms with Crippen LogP contribution in [0.25, 0.3) is 0 Å². The molecule has 32 heavy (non-hydrogen) atoms. The summed E-state index contributed by atoms with van der Waals surface area (Å²) in [5.41, 5.74) is 2.73. The number of benzene rings is 2. The predicted octanol–water partition coefficient (Wildman–Crippen LogP) is 3.54. The molecule has 0 spiro atoms. The SMILES string of the molecule is CNC(=O)[C@H](C)N(Cc1c(Cl)cccc1Cl)C(=O)CN(c1ccc(C)c(C)c1)S(C)(=O)=O. The van der Waals surface area contributed by atoms with E-state index in [0.717, 1.165) is 21.7 Å². The zero-order chi connectivity index (χ0) is 24.2. The molecule has 2 aromatic carbocycles. The second-order valence-electron chi connectivity index (χ2n) is 7.55. The van der Waals surface area contributed by atoms with Crippen LogP contribution in [0.1, 0.15) is 23.6 Å². The molecule has 174 valence electrons. The number of anilines is 1. The van der Waals surface area contributed by atoms with Crippen LogP contribution in [-0.2, 0) is 26.2 Å². The molecule has 0 saturated carbocycles. The fraction of sp³-hybridized carbons (Fsp3) is 0.364.